The zero-order chi connectivity index (χ0) is 11.7. The topological polar surface area (TPSA) is 43.1 Å². The van der Waals surface area contributed by atoms with E-state index in [1.807, 2.05) is 13.8 Å². The SMILES string of the molecule is CC.CC(CN)(CC=O)CC1CCCC1. The first kappa shape index (κ1) is 14.6. The molecule has 1 unspecified atom stereocenters. The zero-order valence-electron chi connectivity index (χ0n) is 10.6. The summed E-state index contributed by atoms with van der Waals surface area (Å²) in [7, 11) is 0. The van der Waals surface area contributed by atoms with Gasteiger partial charge in [0.15, 0.2) is 0 Å². The highest BCUT2D eigenvalue weighted by atomic mass is 16.1. The van der Waals surface area contributed by atoms with Gasteiger partial charge in [-0.25, -0.2) is 0 Å². The predicted molar refractivity (Wildman–Crippen MR) is 65.8 cm³/mol. The smallest absolute Gasteiger partial charge is 0.120 e. The molecule has 0 amide bonds. The lowest BCUT2D eigenvalue weighted by molar-refractivity contribution is -0.109. The van der Waals surface area contributed by atoms with Crippen molar-refractivity contribution in [2.24, 2.45) is 17.1 Å². The summed E-state index contributed by atoms with van der Waals surface area (Å²) in [5.41, 5.74) is 5.78. The van der Waals surface area contributed by atoms with Crippen LogP contribution in [0.2, 0.25) is 0 Å². The summed E-state index contributed by atoms with van der Waals surface area (Å²) in [6.45, 7) is 6.78. The fraction of sp³-hybridized carbons (Fsp3) is 0.923. The van der Waals surface area contributed by atoms with E-state index in [2.05, 4.69) is 6.92 Å². The average Bonchev–Trinajstić information content (AvgIpc) is 2.74. The third-order valence-corrected chi connectivity index (χ3v) is 3.33. The number of carbonyl (C=O) groups excluding carboxylic acids is 1. The monoisotopic (exact) mass is 213 g/mol. The van der Waals surface area contributed by atoms with Crippen molar-refractivity contribution in [2.45, 2.75) is 59.3 Å². The second-order valence-corrected chi connectivity index (χ2v) is 4.74. The molecule has 90 valence electrons. The molecule has 1 atom stereocenters. The van der Waals surface area contributed by atoms with Gasteiger partial charge < -0.3 is 10.5 Å². The van der Waals surface area contributed by atoms with Gasteiger partial charge in [0.1, 0.15) is 6.29 Å². The van der Waals surface area contributed by atoms with Crippen molar-refractivity contribution < 1.29 is 4.79 Å². The van der Waals surface area contributed by atoms with Gasteiger partial charge in [0.2, 0.25) is 0 Å². The van der Waals surface area contributed by atoms with E-state index in [4.69, 9.17) is 5.73 Å². The third-order valence-electron chi connectivity index (χ3n) is 3.33. The van der Waals surface area contributed by atoms with Crippen molar-refractivity contribution >= 4 is 6.29 Å². The molecule has 1 saturated carbocycles. The molecule has 1 aliphatic carbocycles. The van der Waals surface area contributed by atoms with Crippen LogP contribution in [0.1, 0.15) is 59.3 Å². The van der Waals surface area contributed by atoms with Crippen LogP contribution in [-0.2, 0) is 4.79 Å². The molecule has 0 aliphatic heterocycles. The van der Waals surface area contributed by atoms with Gasteiger partial charge in [0.25, 0.3) is 0 Å². The average molecular weight is 213 g/mol. The molecule has 0 saturated heterocycles. The van der Waals surface area contributed by atoms with Crippen molar-refractivity contribution in [1.29, 1.82) is 0 Å². The minimum atomic E-state index is 0.0662. The summed E-state index contributed by atoms with van der Waals surface area (Å²) in [4.78, 5) is 10.5. The van der Waals surface area contributed by atoms with Crippen molar-refractivity contribution in [3.05, 3.63) is 0 Å². The molecule has 0 aromatic heterocycles. The Kier molecular flexibility index (Phi) is 7.67. The van der Waals surface area contributed by atoms with Gasteiger partial charge in [-0.3, -0.25) is 0 Å². The molecule has 0 radical (unpaired) electrons. The molecule has 0 spiro atoms. The van der Waals surface area contributed by atoms with Gasteiger partial charge in [-0.05, 0) is 24.3 Å². The van der Waals surface area contributed by atoms with Crippen LogP contribution in [0.3, 0.4) is 0 Å². The molecule has 1 rings (SSSR count). The quantitative estimate of drug-likeness (QED) is 0.713. The first-order valence-electron chi connectivity index (χ1n) is 6.34. The van der Waals surface area contributed by atoms with E-state index >= 15 is 0 Å². The molecule has 0 aromatic carbocycles. The Bertz CT molecular complexity index is 164. The van der Waals surface area contributed by atoms with Crippen LogP contribution in [0, 0.1) is 11.3 Å². The number of hydrogen-bond donors (Lipinski definition) is 1. The molecule has 2 N–H and O–H groups in total. The molecular formula is C13H27NO. The van der Waals surface area contributed by atoms with E-state index in [9.17, 15) is 4.79 Å². The van der Waals surface area contributed by atoms with Crippen molar-refractivity contribution in [1.82, 2.24) is 0 Å². The van der Waals surface area contributed by atoms with Gasteiger partial charge in [0, 0.05) is 6.42 Å². The van der Waals surface area contributed by atoms with E-state index < -0.39 is 0 Å². The number of carbonyl (C=O) groups is 1. The number of aldehydes is 1. The van der Waals surface area contributed by atoms with Crippen LogP contribution in [0.15, 0.2) is 0 Å². The Morgan fingerprint density at radius 1 is 1.33 bits per heavy atom. The molecule has 0 bridgehead atoms. The molecule has 1 fully saturated rings. The van der Waals surface area contributed by atoms with Gasteiger partial charge in [-0.1, -0.05) is 46.5 Å². The molecule has 0 aromatic rings. The summed E-state index contributed by atoms with van der Waals surface area (Å²) in [6.07, 6.45) is 8.20. The Morgan fingerprint density at radius 2 is 1.87 bits per heavy atom. The molecule has 1 aliphatic rings. The molecule has 15 heavy (non-hydrogen) atoms. The van der Waals surface area contributed by atoms with E-state index in [0.717, 1.165) is 18.6 Å². The minimum Gasteiger partial charge on any atom is -0.330 e. The van der Waals surface area contributed by atoms with Crippen molar-refractivity contribution in [3.8, 4) is 0 Å². The van der Waals surface area contributed by atoms with Gasteiger partial charge in [0.05, 0.1) is 0 Å². The maximum atomic E-state index is 10.5. The van der Waals surface area contributed by atoms with Crippen molar-refractivity contribution in [3.63, 3.8) is 0 Å². The number of rotatable bonds is 5. The molecule has 2 heteroatoms. The lowest BCUT2D eigenvalue weighted by Gasteiger charge is -2.28. The lowest BCUT2D eigenvalue weighted by atomic mass is 9.78. The van der Waals surface area contributed by atoms with Crippen LogP contribution < -0.4 is 5.73 Å². The summed E-state index contributed by atoms with van der Waals surface area (Å²) in [5, 5.41) is 0. The standard InChI is InChI=1S/C11H21NO.C2H6/c1-11(9-12,6-7-13)8-10-4-2-3-5-10;1-2/h7,10H,2-6,8-9,12H2,1H3;1-2H3. The lowest BCUT2D eigenvalue weighted by Crippen LogP contribution is -2.29. The van der Waals surface area contributed by atoms with Gasteiger partial charge >= 0.3 is 0 Å². The van der Waals surface area contributed by atoms with Crippen LogP contribution in [0.5, 0.6) is 0 Å². The maximum absolute atomic E-state index is 10.5. The van der Waals surface area contributed by atoms with E-state index in [-0.39, 0.29) is 5.41 Å². The predicted octanol–water partition coefficient (Wildman–Crippen LogP) is 3.15. The first-order chi connectivity index (χ1) is 7.20. The zero-order valence-corrected chi connectivity index (χ0v) is 10.6. The molecular weight excluding hydrogens is 186 g/mol. The van der Waals surface area contributed by atoms with Crippen LogP contribution in [-0.4, -0.2) is 12.8 Å². The van der Waals surface area contributed by atoms with Crippen molar-refractivity contribution in [2.75, 3.05) is 6.54 Å². The summed E-state index contributed by atoms with van der Waals surface area (Å²) < 4.78 is 0. The largest absolute Gasteiger partial charge is 0.330 e. The second-order valence-electron chi connectivity index (χ2n) is 4.74. The second kappa shape index (κ2) is 7.86. The normalized spacial score (nSPS) is 20.3. The van der Waals surface area contributed by atoms with E-state index in [1.54, 1.807) is 0 Å². The van der Waals surface area contributed by atoms with E-state index in [0.29, 0.717) is 13.0 Å². The minimum absolute atomic E-state index is 0.0662. The number of hydrogen-bond acceptors (Lipinski definition) is 2. The summed E-state index contributed by atoms with van der Waals surface area (Å²) in [6, 6.07) is 0. The Hall–Kier alpha value is -0.370. The first-order valence-corrected chi connectivity index (χ1v) is 6.34. The summed E-state index contributed by atoms with van der Waals surface area (Å²) in [5.74, 6) is 0.827. The molecule has 0 heterocycles. The Balaban J connectivity index is 0.000000921. The highest BCUT2D eigenvalue weighted by Crippen LogP contribution is 2.36. The Morgan fingerprint density at radius 3 is 2.27 bits per heavy atom. The maximum Gasteiger partial charge on any atom is 0.120 e. The highest BCUT2D eigenvalue weighted by molar-refractivity contribution is 5.50. The fourth-order valence-electron chi connectivity index (χ4n) is 2.36. The number of nitrogens with two attached hydrogens (primary N) is 1. The third kappa shape index (κ3) is 5.31. The fourth-order valence-corrected chi connectivity index (χ4v) is 2.36. The van der Waals surface area contributed by atoms with E-state index in [1.165, 1.54) is 25.7 Å². The Labute approximate surface area is 94.6 Å². The van der Waals surface area contributed by atoms with Crippen LogP contribution in [0.25, 0.3) is 0 Å². The van der Waals surface area contributed by atoms with Gasteiger partial charge in [-0.2, -0.15) is 0 Å². The van der Waals surface area contributed by atoms with Gasteiger partial charge in [-0.15, -0.1) is 0 Å². The summed E-state index contributed by atoms with van der Waals surface area (Å²) >= 11 is 0. The van der Waals surface area contributed by atoms with Crippen LogP contribution >= 0.6 is 0 Å². The molecule has 2 nitrogen and oxygen atoms in total. The van der Waals surface area contributed by atoms with Crippen LogP contribution in [0.4, 0.5) is 0 Å². The highest BCUT2D eigenvalue weighted by Gasteiger charge is 2.27.